The maximum atomic E-state index is 12.8. The van der Waals surface area contributed by atoms with E-state index in [0.29, 0.717) is 5.69 Å². The third-order valence-corrected chi connectivity index (χ3v) is 5.48. The molecule has 0 saturated carbocycles. The molecule has 1 N–H and O–H groups in total. The molecule has 0 aliphatic rings. The molecule has 4 nitrogen and oxygen atoms in total. The van der Waals surface area contributed by atoms with Crippen molar-refractivity contribution >= 4 is 27.9 Å². The van der Waals surface area contributed by atoms with Crippen molar-refractivity contribution in [1.82, 2.24) is 9.38 Å². The zero-order chi connectivity index (χ0) is 18.3. The first kappa shape index (κ1) is 16.5. The number of rotatable bonds is 3. The van der Waals surface area contributed by atoms with Crippen LogP contribution in [0.1, 0.15) is 27.2 Å². The molecule has 0 aliphatic heterocycles. The van der Waals surface area contributed by atoms with E-state index in [2.05, 4.69) is 41.5 Å². The Bertz CT molecular complexity index is 1110. The van der Waals surface area contributed by atoms with E-state index in [1.54, 1.807) is 0 Å². The predicted octanol–water partition coefficient (Wildman–Crippen LogP) is 5.24. The van der Waals surface area contributed by atoms with Crippen LogP contribution in [0.2, 0.25) is 0 Å². The lowest BCUT2D eigenvalue weighted by Crippen LogP contribution is -2.14. The SMILES string of the molecule is Cc1ccc(-c2cn3c(C(=O)Nc4cccc(C)c4C)csc3n2)cc1. The number of aryl methyl sites for hydroxylation is 2. The first-order valence-corrected chi connectivity index (χ1v) is 9.32. The van der Waals surface area contributed by atoms with E-state index in [4.69, 9.17) is 0 Å². The van der Waals surface area contributed by atoms with Gasteiger partial charge in [-0.2, -0.15) is 0 Å². The van der Waals surface area contributed by atoms with Gasteiger partial charge in [0.15, 0.2) is 4.96 Å². The molecule has 0 aliphatic carbocycles. The number of fused-ring (bicyclic) bond motifs is 1. The van der Waals surface area contributed by atoms with Gasteiger partial charge in [0, 0.05) is 22.8 Å². The van der Waals surface area contributed by atoms with Crippen LogP contribution in [0, 0.1) is 20.8 Å². The summed E-state index contributed by atoms with van der Waals surface area (Å²) in [4.78, 5) is 18.3. The number of nitrogens with one attached hydrogen (secondary N) is 1. The molecule has 5 heteroatoms. The molecule has 0 saturated heterocycles. The summed E-state index contributed by atoms with van der Waals surface area (Å²) in [5.74, 6) is -0.127. The van der Waals surface area contributed by atoms with Crippen molar-refractivity contribution in [2.24, 2.45) is 0 Å². The van der Waals surface area contributed by atoms with Crippen LogP contribution >= 0.6 is 11.3 Å². The number of anilines is 1. The lowest BCUT2D eigenvalue weighted by Gasteiger charge is -2.09. The quantitative estimate of drug-likeness (QED) is 0.542. The second-order valence-electron chi connectivity index (χ2n) is 6.47. The summed E-state index contributed by atoms with van der Waals surface area (Å²) in [7, 11) is 0. The van der Waals surface area contributed by atoms with Crippen LogP contribution in [0.25, 0.3) is 16.2 Å². The largest absolute Gasteiger partial charge is 0.320 e. The van der Waals surface area contributed by atoms with E-state index in [0.717, 1.165) is 33.0 Å². The van der Waals surface area contributed by atoms with E-state index in [1.165, 1.54) is 16.9 Å². The highest BCUT2D eigenvalue weighted by Gasteiger charge is 2.16. The number of thiazole rings is 1. The molecule has 130 valence electrons. The number of amides is 1. The van der Waals surface area contributed by atoms with Crippen LogP contribution < -0.4 is 5.32 Å². The van der Waals surface area contributed by atoms with Gasteiger partial charge < -0.3 is 5.32 Å². The van der Waals surface area contributed by atoms with Crippen molar-refractivity contribution in [1.29, 1.82) is 0 Å². The summed E-state index contributed by atoms with van der Waals surface area (Å²) in [6.07, 6.45) is 1.93. The number of aromatic nitrogens is 2. The van der Waals surface area contributed by atoms with Crippen LogP contribution in [0.3, 0.4) is 0 Å². The molecule has 2 heterocycles. The molecule has 0 fully saturated rings. The second-order valence-corrected chi connectivity index (χ2v) is 7.30. The fourth-order valence-electron chi connectivity index (χ4n) is 2.88. The van der Waals surface area contributed by atoms with E-state index in [-0.39, 0.29) is 5.91 Å². The smallest absolute Gasteiger partial charge is 0.273 e. The molecular weight excluding hydrogens is 342 g/mol. The van der Waals surface area contributed by atoms with Gasteiger partial charge in [0.2, 0.25) is 0 Å². The zero-order valence-corrected chi connectivity index (χ0v) is 15.7. The molecule has 2 aromatic heterocycles. The second kappa shape index (κ2) is 6.42. The van der Waals surface area contributed by atoms with E-state index < -0.39 is 0 Å². The Kier molecular flexibility index (Phi) is 4.09. The van der Waals surface area contributed by atoms with Gasteiger partial charge in [0.1, 0.15) is 5.69 Å². The highest BCUT2D eigenvalue weighted by molar-refractivity contribution is 7.15. The Morgan fingerprint density at radius 2 is 1.85 bits per heavy atom. The maximum Gasteiger partial charge on any atom is 0.273 e. The summed E-state index contributed by atoms with van der Waals surface area (Å²) in [6, 6.07) is 14.2. The number of nitrogens with zero attached hydrogens (tertiary/aromatic N) is 2. The Morgan fingerprint density at radius 3 is 2.62 bits per heavy atom. The van der Waals surface area contributed by atoms with Crippen LogP contribution in [0.5, 0.6) is 0 Å². The van der Waals surface area contributed by atoms with Crippen molar-refractivity contribution in [3.05, 3.63) is 76.4 Å². The average Bonchev–Trinajstić information content (AvgIpc) is 3.20. The Labute approximate surface area is 156 Å². The minimum atomic E-state index is -0.127. The summed E-state index contributed by atoms with van der Waals surface area (Å²) >= 11 is 1.47. The molecule has 2 aromatic carbocycles. The van der Waals surface area contributed by atoms with Crippen molar-refractivity contribution in [2.45, 2.75) is 20.8 Å². The van der Waals surface area contributed by atoms with Gasteiger partial charge in [-0.05, 0) is 38.0 Å². The van der Waals surface area contributed by atoms with Crippen molar-refractivity contribution < 1.29 is 4.79 Å². The van der Waals surface area contributed by atoms with E-state index in [9.17, 15) is 4.79 Å². The van der Waals surface area contributed by atoms with Crippen LogP contribution in [0.15, 0.2) is 54.0 Å². The van der Waals surface area contributed by atoms with Crippen molar-refractivity contribution in [3.63, 3.8) is 0 Å². The summed E-state index contributed by atoms with van der Waals surface area (Å²) in [5.41, 5.74) is 6.80. The lowest BCUT2D eigenvalue weighted by atomic mass is 10.1. The number of carbonyl (C=O) groups excluding carboxylic acids is 1. The fourth-order valence-corrected chi connectivity index (χ4v) is 3.74. The van der Waals surface area contributed by atoms with Crippen LogP contribution in [0.4, 0.5) is 5.69 Å². The van der Waals surface area contributed by atoms with E-state index in [1.807, 2.05) is 48.0 Å². The Hall–Kier alpha value is -2.92. The van der Waals surface area contributed by atoms with Gasteiger partial charge in [-0.15, -0.1) is 11.3 Å². The van der Waals surface area contributed by atoms with Crippen LogP contribution in [-0.2, 0) is 0 Å². The first-order valence-electron chi connectivity index (χ1n) is 8.44. The van der Waals surface area contributed by atoms with E-state index >= 15 is 0 Å². The van der Waals surface area contributed by atoms with Gasteiger partial charge in [-0.1, -0.05) is 42.0 Å². The molecule has 4 aromatic rings. The highest BCUT2D eigenvalue weighted by atomic mass is 32.1. The zero-order valence-electron chi connectivity index (χ0n) is 14.9. The van der Waals surface area contributed by atoms with Crippen molar-refractivity contribution in [2.75, 3.05) is 5.32 Å². The monoisotopic (exact) mass is 361 g/mol. The topological polar surface area (TPSA) is 46.4 Å². The Morgan fingerprint density at radius 1 is 1.08 bits per heavy atom. The van der Waals surface area contributed by atoms with Crippen LogP contribution in [-0.4, -0.2) is 15.3 Å². The van der Waals surface area contributed by atoms with Gasteiger partial charge in [-0.25, -0.2) is 4.98 Å². The predicted molar refractivity (Wildman–Crippen MR) is 107 cm³/mol. The molecular formula is C21H19N3OS. The first-order chi connectivity index (χ1) is 12.5. The van der Waals surface area contributed by atoms with Gasteiger partial charge in [0.25, 0.3) is 5.91 Å². The molecule has 1 amide bonds. The third-order valence-electron chi connectivity index (χ3n) is 4.64. The molecule has 0 unspecified atom stereocenters. The number of benzene rings is 2. The molecule has 4 rings (SSSR count). The molecule has 26 heavy (non-hydrogen) atoms. The summed E-state index contributed by atoms with van der Waals surface area (Å²) < 4.78 is 1.86. The fraction of sp³-hybridized carbons (Fsp3) is 0.143. The molecule has 0 bridgehead atoms. The standard InChI is InChI=1S/C21H19N3OS/c1-13-7-9-16(10-8-13)18-11-24-19(12-26-21(24)23-18)20(25)22-17-6-4-5-14(2)15(17)3/h4-12H,1-3H3,(H,22,25). The van der Waals surface area contributed by atoms with Gasteiger partial charge in [0.05, 0.1) is 5.69 Å². The maximum absolute atomic E-state index is 12.8. The molecule has 0 radical (unpaired) electrons. The minimum absolute atomic E-state index is 0.127. The van der Waals surface area contributed by atoms with Crippen molar-refractivity contribution in [3.8, 4) is 11.3 Å². The molecule has 0 atom stereocenters. The van der Waals surface area contributed by atoms with Gasteiger partial charge in [-0.3, -0.25) is 9.20 Å². The highest BCUT2D eigenvalue weighted by Crippen LogP contribution is 2.25. The molecule has 0 spiro atoms. The number of hydrogen-bond acceptors (Lipinski definition) is 3. The minimum Gasteiger partial charge on any atom is -0.320 e. The Balaban J connectivity index is 1.67. The number of imidazole rings is 1. The summed E-state index contributed by atoms with van der Waals surface area (Å²) in [6.45, 7) is 6.11. The number of hydrogen-bond donors (Lipinski definition) is 1. The normalized spacial score (nSPS) is 11.0. The van der Waals surface area contributed by atoms with Gasteiger partial charge >= 0.3 is 0 Å². The number of carbonyl (C=O) groups is 1. The lowest BCUT2D eigenvalue weighted by molar-refractivity contribution is 0.102. The average molecular weight is 361 g/mol. The third kappa shape index (κ3) is 2.91. The summed E-state index contributed by atoms with van der Waals surface area (Å²) in [5, 5.41) is 4.87.